The highest BCUT2D eigenvalue weighted by molar-refractivity contribution is 5.45. The molecule has 1 N–H and O–H groups in total. The third-order valence-corrected chi connectivity index (χ3v) is 3.53. The zero-order chi connectivity index (χ0) is 13.9. The quantitative estimate of drug-likeness (QED) is 0.929. The Labute approximate surface area is 118 Å². The van der Waals surface area contributed by atoms with Crippen LogP contribution in [0.4, 0.5) is 0 Å². The molecule has 0 saturated carbocycles. The number of rotatable bonds is 4. The minimum Gasteiger partial charge on any atom is -0.493 e. The Balaban J connectivity index is 1.87. The van der Waals surface area contributed by atoms with Gasteiger partial charge < -0.3 is 14.6 Å². The van der Waals surface area contributed by atoms with E-state index in [0.717, 1.165) is 24.1 Å². The monoisotopic (exact) mass is 271 g/mol. The van der Waals surface area contributed by atoms with Crippen LogP contribution in [0.5, 0.6) is 17.4 Å². The Morgan fingerprint density at radius 1 is 1.15 bits per heavy atom. The molecule has 0 fully saturated rings. The van der Waals surface area contributed by atoms with Crippen LogP contribution in [0.3, 0.4) is 0 Å². The number of methoxy groups -OCH3 is 1. The normalized spacial score (nSPS) is 13.1. The van der Waals surface area contributed by atoms with E-state index in [4.69, 9.17) is 14.6 Å². The number of hydrogen-bond acceptors (Lipinski definition) is 4. The van der Waals surface area contributed by atoms with E-state index >= 15 is 0 Å². The maximum atomic E-state index is 9.14. The van der Waals surface area contributed by atoms with E-state index in [9.17, 15) is 0 Å². The summed E-state index contributed by atoms with van der Waals surface area (Å²) in [5, 5.41) is 9.14. The number of fused-ring (bicyclic) bond motifs is 1. The zero-order valence-electron chi connectivity index (χ0n) is 11.4. The number of aryl methyl sites for hydroxylation is 2. The van der Waals surface area contributed by atoms with Crippen LogP contribution in [-0.4, -0.2) is 17.2 Å². The Hall–Kier alpha value is -2.07. The van der Waals surface area contributed by atoms with E-state index in [1.165, 1.54) is 12.0 Å². The molecule has 1 aliphatic rings. The van der Waals surface area contributed by atoms with E-state index < -0.39 is 0 Å². The van der Waals surface area contributed by atoms with Crippen molar-refractivity contribution in [2.75, 3.05) is 7.11 Å². The number of ether oxygens (including phenoxy) is 2. The second kappa shape index (κ2) is 5.51. The van der Waals surface area contributed by atoms with Crippen LogP contribution in [0, 0.1) is 0 Å². The fraction of sp³-hybridized carbons (Fsp3) is 0.312. The predicted octanol–water partition coefficient (Wildman–Crippen LogP) is 2.86. The largest absolute Gasteiger partial charge is 0.493 e. The first-order chi connectivity index (χ1) is 9.80. The predicted molar refractivity (Wildman–Crippen MR) is 75.3 cm³/mol. The summed E-state index contributed by atoms with van der Waals surface area (Å²) >= 11 is 0. The van der Waals surface area contributed by atoms with E-state index in [0.29, 0.717) is 17.4 Å². The molecule has 0 aliphatic heterocycles. The summed E-state index contributed by atoms with van der Waals surface area (Å²) < 4.78 is 11.1. The van der Waals surface area contributed by atoms with E-state index in [2.05, 4.69) is 11.1 Å². The van der Waals surface area contributed by atoms with Gasteiger partial charge in [0.1, 0.15) is 0 Å². The fourth-order valence-corrected chi connectivity index (χ4v) is 2.46. The van der Waals surface area contributed by atoms with E-state index in [-0.39, 0.29) is 6.61 Å². The lowest BCUT2D eigenvalue weighted by Gasteiger charge is -2.11. The number of aromatic nitrogens is 1. The summed E-state index contributed by atoms with van der Waals surface area (Å²) in [6.07, 6.45) is 3.30. The third kappa shape index (κ3) is 2.47. The molecule has 1 aromatic carbocycles. The van der Waals surface area contributed by atoms with Crippen LogP contribution in [-0.2, 0) is 19.4 Å². The number of aliphatic hydroxyl groups is 1. The van der Waals surface area contributed by atoms with Gasteiger partial charge in [-0.2, -0.15) is 0 Å². The summed E-state index contributed by atoms with van der Waals surface area (Å²) in [6.45, 7) is -0.0201. The van der Waals surface area contributed by atoms with E-state index in [1.54, 1.807) is 19.2 Å². The number of nitrogens with zero attached hydrogens (tertiary/aromatic N) is 1. The van der Waals surface area contributed by atoms with Crippen molar-refractivity contribution in [3.8, 4) is 17.4 Å². The summed E-state index contributed by atoms with van der Waals surface area (Å²) in [6, 6.07) is 9.34. The average Bonchev–Trinajstić information content (AvgIpc) is 2.95. The summed E-state index contributed by atoms with van der Waals surface area (Å²) in [5.41, 5.74) is 3.24. The smallest absolute Gasteiger partial charge is 0.219 e. The Morgan fingerprint density at radius 3 is 2.85 bits per heavy atom. The van der Waals surface area contributed by atoms with Gasteiger partial charge in [0, 0.05) is 11.8 Å². The first-order valence-electron chi connectivity index (χ1n) is 6.74. The molecule has 0 radical (unpaired) electrons. The van der Waals surface area contributed by atoms with E-state index in [1.807, 2.05) is 12.1 Å². The molecule has 1 aromatic heterocycles. The van der Waals surface area contributed by atoms with Gasteiger partial charge in [0.05, 0.1) is 13.7 Å². The van der Waals surface area contributed by atoms with Crippen molar-refractivity contribution in [2.45, 2.75) is 25.9 Å². The van der Waals surface area contributed by atoms with Gasteiger partial charge in [-0.05, 0) is 42.5 Å². The molecule has 0 atom stereocenters. The van der Waals surface area contributed by atoms with Gasteiger partial charge >= 0.3 is 0 Å². The van der Waals surface area contributed by atoms with Crippen LogP contribution in [0.2, 0.25) is 0 Å². The summed E-state index contributed by atoms with van der Waals surface area (Å²) in [4.78, 5) is 4.54. The van der Waals surface area contributed by atoms with Crippen molar-refractivity contribution < 1.29 is 14.6 Å². The molecule has 2 aromatic rings. The average molecular weight is 271 g/mol. The van der Waals surface area contributed by atoms with Crippen molar-refractivity contribution >= 4 is 0 Å². The Bertz CT molecular complexity index is 625. The molecule has 0 bridgehead atoms. The Kier molecular flexibility index (Phi) is 3.56. The van der Waals surface area contributed by atoms with Crippen LogP contribution < -0.4 is 9.47 Å². The highest BCUT2D eigenvalue weighted by atomic mass is 16.5. The lowest BCUT2D eigenvalue weighted by molar-refractivity contribution is 0.280. The van der Waals surface area contributed by atoms with Gasteiger partial charge in [-0.1, -0.05) is 12.1 Å². The molecule has 3 rings (SSSR count). The molecule has 1 aliphatic carbocycles. The maximum Gasteiger partial charge on any atom is 0.219 e. The lowest BCUT2D eigenvalue weighted by Crippen LogP contribution is -1.96. The first kappa shape index (κ1) is 12.9. The Morgan fingerprint density at radius 2 is 2.05 bits per heavy atom. The van der Waals surface area contributed by atoms with Crippen molar-refractivity contribution in [2.24, 2.45) is 0 Å². The van der Waals surface area contributed by atoms with Gasteiger partial charge in [0.15, 0.2) is 11.5 Å². The van der Waals surface area contributed by atoms with Gasteiger partial charge in [-0.15, -0.1) is 0 Å². The van der Waals surface area contributed by atoms with Crippen LogP contribution in [0.25, 0.3) is 0 Å². The second-order valence-corrected chi connectivity index (χ2v) is 4.85. The standard InChI is InChI=1S/C16H17NO3/c1-19-15-9-11(10-18)5-7-14(15)20-16-8-6-12-3-2-4-13(12)17-16/h5-9,18H,2-4,10H2,1H3. The van der Waals surface area contributed by atoms with Gasteiger partial charge in [0.25, 0.3) is 0 Å². The molecular weight excluding hydrogens is 254 g/mol. The highest BCUT2D eigenvalue weighted by Crippen LogP contribution is 2.32. The van der Waals surface area contributed by atoms with Gasteiger partial charge in [-0.25, -0.2) is 4.98 Å². The number of pyridine rings is 1. The molecule has 0 saturated heterocycles. The van der Waals surface area contributed by atoms with Crippen LogP contribution in [0.1, 0.15) is 23.2 Å². The van der Waals surface area contributed by atoms with Crippen LogP contribution >= 0.6 is 0 Å². The minimum atomic E-state index is -0.0201. The third-order valence-electron chi connectivity index (χ3n) is 3.53. The van der Waals surface area contributed by atoms with Crippen molar-refractivity contribution in [1.29, 1.82) is 0 Å². The van der Waals surface area contributed by atoms with Crippen molar-refractivity contribution in [1.82, 2.24) is 4.98 Å². The van der Waals surface area contributed by atoms with Gasteiger partial charge in [0.2, 0.25) is 5.88 Å². The molecule has 4 nitrogen and oxygen atoms in total. The SMILES string of the molecule is COc1cc(CO)ccc1Oc1ccc2c(n1)CCC2. The zero-order valence-corrected chi connectivity index (χ0v) is 11.4. The lowest BCUT2D eigenvalue weighted by atomic mass is 10.2. The second-order valence-electron chi connectivity index (χ2n) is 4.85. The molecule has 0 unspecified atom stereocenters. The number of benzene rings is 1. The summed E-state index contributed by atoms with van der Waals surface area (Å²) in [7, 11) is 1.58. The molecule has 20 heavy (non-hydrogen) atoms. The molecule has 0 spiro atoms. The number of hydrogen-bond donors (Lipinski definition) is 1. The van der Waals surface area contributed by atoms with Crippen molar-refractivity contribution in [3.63, 3.8) is 0 Å². The van der Waals surface area contributed by atoms with Crippen molar-refractivity contribution in [3.05, 3.63) is 47.2 Å². The highest BCUT2D eigenvalue weighted by Gasteiger charge is 2.14. The summed E-state index contributed by atoms with van der Waals surface area (Å²) in [5.74, 6) is 1.79. The number of aliphatic hydroxyl groups excluding tert-OH is 1. The maximum absolute atomic E-state index is 9.14. The molecule has 4 heteroatoms. The minimum absolute atomic E-state index is 0.0201. The molecular formula is C16H17NO3. The van der Waals surface area contributed by atoms with Crippen LogP contribution in [0.15, 0.2) is 30.3 Å². The fourth-order valence-electron chi connectivity index (χ4n) is 2.46. The molecule has 0 amide bonds. The first-order valence-corrected chi connectivity index (χ1v) is 6.74. The topological polar surface area (TPSA) is 51.6 Å². The van der Waals surface area contributed by atoms with Gasteiger partial charge in [-0.3, -0.25) is 0 Å². The molecule has 104 valence electrons. The molecule has 1 heterocycles.